The first-order valence-electron chi connectivity index (χ1n) is 8.91. The van der Waals surface area contributed by atoms with Crippen LogP contribution >= 0.6 is 0 Å². The molecule has 2 atom stereocenters. The largest absolute Gasteiger partial charge is 0.392 e. The van der Waals surface area contributed by atoms with Gasteiger partial charge in [0.15, 0.2) is 0 Å². The molecule has 0 aromatic heterocycles. The minimum atomic E-state index is -0.751. The molecule has 3 rings (SSSR count). The maximum Gasteiger partial charge on any atom is 0.235 e. The van der Waals surface area contributed by atoms with Crippen LogP contribution in [0, 0.1) is 17.1 Å². The molecule has 5 nitrogen and oxygen atoms in total. The summed E-state index contributed by atoms with van der Waals surface area (Å²) in [5.74, 6) is -0.496. The molecule has 1 aromatic carbocycles. The molecule has 1 saturated heterocycles. The predicted molar refractivity (Wildman–Crippen MR) is 90.9 cm³/mol. The van der Waals surface area contributed by atoms with Crippen LogP contribution in [0.25, 0.3) is 0 Å². The average Bonchev–Trinajstić information content (AvgIpc) is 2.96. The molecule has 6 heteroatoms. The van der Waals surface area contributed by atoms with Crippen molar-refractivity contribution in [2.45, 2.75) is 56.2 Å². The van der Waals surface area contributed by atoms with E-state index in [0.29, 0.717) is 25.8 Å². The van der Waals surface area contributed by atoms with E-state index < -0.39 is 11.6 Å². The fraction of sp³-hybridized carbons (Fsp3) is 0.579. The van der Waals surface area contributed by atoms with Crippen LogP contribution < -0.4 is 5.32 Å². The normalized spacial score (nSPS) is 26.1. The van der Waals surface area contributed by atoms with E-state index >= 15 is 0 Å². The van der Waals surface area contributed by atoms with Crippen LogP contribution in [0.3, 0.4) is 0 Å². The molecule has 1 aromatic rings. The van der Waals surface area contributed by atoms with E-state index in [9.17, 15) is 19.6 Å². The Kier molecular flexibility index (Phi) is 5.36. The number of hydrogen-bond acceptors (Lipinski definition) is 4. The van der Waals surface area contributed by atoms with Crippen LogP contribution in [0.5, 0.6) is 0 Å². The third-order valence-corrected chi connectivity index (χ3v) is 5.28. The summed E-state index contributed by atoms with van der Waals surface area (Å²) >= 11 is 0. The molecule has 0 spiro atoms. The second kappa shape index (κ2) is 7.51. The van der Waals surface area contributed by atoms with E-state index in [2.05, 4.69) is 11.4 Å². The Hall–Kier alpha value is -1.97. The molecule has 1 aliphatic carbocycles. The summed E-state index contributed by atoms with van der Waals surface area (Å²) in [6.45, 7) is 0.525. The van der Waals surface area contributed by atoms with Crippen LogP contribution in [0.15, 0.2) is 24.3 Å². The Morgan fingerprint density at radius 1 is 1.32 bits per heavy atom. The van der Waals surface area contributed by atoms with Crippen LogP contribution in [0.2, 0.25) is 0 Å². The lowest BCUT2D eigenvalue weighted by molar-refractivity contribution is -0.124. The second-order valence-corrected chi connectivity index (χ2v) is 7.19. The molecule has 0 bridgehead atoms. The summed E-state index contributed by atoms with van der Waals surface area (Å²) < 4.78 is 13.1. The molecule has 0 radical (unpaired) electrons. The first-order chi connectivity index (χ1) is 12.0. The van der Waals surface area contributed by atoms with Gasteiger partial charge in [0.1, 0.15) is 11.4 Å². The minimum Gasteiger partial charge on any atom is -0.392 e. The number of nitrogens with one attached hydrogen (secondary N) is 1. The predicted octanol–water partition coefficient (Wildman–Crippen LogP) is 2.28. The zero-order chi connectivity index (χ0) is 17.9. The van der Waals surface area contributed by atoms with E-state index in [1.807, 2.05) is 4.90 Å². The molecule has 25 heavy (non-hydrogen) atoms. The maximum atomic E-state index is 13.1. The van der Waals surface area contributed by atoms with E-state index in [1.165, 1.54) is 12.1 Å². The Bertz CT molecular complexity index is 650. The van der Waals surface area contributed by atoms with Gasteiger partial charge in [0.2, 0.25) is 5.91 Å². The van der Waals surface area contributed by atoms with Gasteiger partial charge in [-0.2, -0.15) is 5.26 Å². The zero-order valence-corrected chi connectivity index (χ0v) is 14.2. The SMILES string of the molecule is N#CC1(NC(=O)CN2C[C@@H](O)C[C@@H]2c2ccc(F)cc2)CCCCC1. The number of aliphatic hydroxyl groups is 1. The van der Waals surface area contributed by atoms with E-state index in [1.54, 1.807) is 12.1 Å². The van der Waals surface area contributed by atoms with Gasteiger partial charge in [-0.1, -0.05) is 31.4 Å². The number of β-amino-alcohol motifs (C(OH)–C–C–N with tert-alkyl or cyclic N) is 1. The number of carbonyl (C=O) groups excluding carboxylic acids is 1. The zero-order valence-electron chi connectivity index (χ0n) is 14.2. The quantitative estimate of drug-likeness (QED) is 0.878. The number of likely N-dealkylation sites (tertiary alicyclic amines) is 1. The molecular formula is C19H24FN3O2. The lowest BCUT2D eigenvalue weighted by atomic mass is 9.83. The first-order valence-corrected chi connectivity index (χ1v) is 8.91. The summed E-state index contributed by atoms with van der Waals surface area (Å²) in [6.07, 6.45) is 4.40. The van der Waals surface area contributed by atoms with Gasteiger partial charge >= 0.3 is 0 Å². The summed E-state index contributed by atoms with van der Waals surface area (Å²) in [6, 6.07) is 8.35. The minimum absolute atomic E-state index is 0.120. The molecule has 0 unspecified atom stereocenters. The standard InChI is InChI=1S/C19H24FN3O2/c20-15-6-4-14(5-7-15)17-10-16(24)11-23(17)12-18(25)22-19(13-21)8-2-1-3-9-19/h4-7,16-17,24H,1-3,8-12H2,(H,22,25)/t16-,17+/m0/s1. The van der Waals surface area contributed by atoms with E-state index in [0.717, 1.165) is 24.8 Å². The second-order valence-electron chi connectivity index (χ2n) is 7.19. The van der Waals surface area contributed by atoms with Crippen molar-refractivity contribution in [1.29, 1.82) is 5.26 Å². The fourth-order valence-electron chi connectivity index (χ4n) is 4.00. The number of carbonyl (C=O) groups is 1. The molecule has 1 amide bonds. The molecule has 1 heterocycles. The number of benzene rings is 1. The summed E-state index contributed by atoms with van der Waals surface area (Å²) in [5.41, 5.74) is 0.136. The van der Waals surface area contributed by atoms with Gasteiger partial charge in [0, 0.05) is 12.6 Å². The number of aliphatic hydroxyl groups excluding tert-OH is 1. The Morgan fingerprint density at radius 2 is 2.00 bits per heavy atom. The van der Waals surface area contributed by atoms with Crippen LogP contribution in [-0.4, -0.2) is 40.6 Å². The van der Waals surface area contributed by atoms with Crippen molar-refractivity contribution in [1.82, 2.24) is 10.2 Å². The Balaban J connectivity index is 1.66. The van der Waals surface area contributed by atoms with Gasteiger partial charge in [-0.25, -0.2) is 4.39 Å². The van der Waals surface area contributed by atoms with Crippen molar-refractivity contribution in [2.75, 3.05) is 13.1 Å². The monoisotopic (exact) mass is 345 g/mol. The van der Waals surface area contributed by atoms with Gasteiger partial charge < -0.3 is 10.4 Å². The summed E-state index contributed by atoms with van der Waals surface area (Å²) in [7, 11) is 0. The number of hydrogen-bond donors (Lipinski definition) is 2. The number of nitrogens with zero attached hydrogens (tertiary/aromatic N) is 2. The van der Waals surface area contributed by atoms with Gasteiger partial charge in [-0.3, -0.25) is 9.69 Å². The van der Waals surface area contributed by atoms with Crippen molar-refractivity contribution in [2.24, 2.45) is 0 Å². The molecule has 1 aliphatic heterocycles. The average molecular weight is 345 g/mol. The molecule has 2 fully saturated rings. The lowest BCUT2D eigenvalue weighted by Gasteiger charge is -2.33. The highest BCUT2D eigenvalue weighted by molar-refractivity contribution is 5.79. The Morgan fingerprint density at radius 3 is 2.64 bits per heavy atom. The van der Waals surface area contributed by atoms with Crippen molar-refractivity contribution < 1.29 is 14.3 Å². The Labute approximate surface area is 147 Å². The van der Waals surface area contributed by atoms with Crippen LogP contribution in [0.4, 0.5) is 4.39 Å². The highest BCUT2D eigenvalue weighted by Gasteiger charge is 2.37. The molecule has 2 N–H and O–H groups in total. The molecular weight excluding hydrogens is 321 g/mol. The van der Waals surface area contributed by atoms with Crippen LogP contribution in [0.1, 0.15) is 50.1 Å². The smallest absolute Gasteiger partial charge is 0.235 e. The topological polar surface area (TPSA) is 76.4 Å². The molecule has 2 aliphatic rings. The molecule has 134 valence electrons. The number of halogens is 1. The van der Waals surface area contributed by atoms with Crippen molar-refractivity contribution in [3.63, 3.8) is 0 Å². The third kappa shape index (κ3) is 4.17. The number of nitriles is 1. The van der Waals surface area contributed by atoms with Crippen molar-refractivity contribution in [3.05, 3.63) is 35.6 Å². The first kappa shape index (κ1) is 17.8. The van der Waals surface area contributed by atoms with Gasteiger partial charge in [0.25, 0.3) is 0 Å². The summed E-state index contributed by atoms with van der Waals surface area (Å²) in [4.78, 5) is 14.4. The highest BCUT2D eigenvalue weighted by Crippen LogP contribution is 2.32. The van der Waals surface area contributed by atoms with Crippen LogP contribution in [-0.2, 0) is 4.79 Å². The lowest BCUT2D eigenvalue weighted by Crippen LogP contribution is -2.51. The van der Waals surface area contributed by atoms with E-state index in [-0.39, 0.29) is 24.3 Å². The highest BCUT2D eigenvalue weighted by atomic mass is 19.1. The van der Waals surface area contributed by atoms with Gasteiger partial charge in [-0.05, 0) is 37.0 Å². The van der Waals surface area contributed by atoms with Gasteiger partial charge in [0.05, 0.1) is 18.7 Å². The maximum absolute atomic E-state index is 13.1. The van der Waals surface area contributed by atoms with E-state index in [4.69, 9.17) is 0 Å². The number of rotatable bonds is 4. The summed E-state index contributed by atoms with van der Waals surface area (Å²) in [5, 5.41) is 22.4. The number of amides is 1. The van der Waals surface area contributed by atoms with Crippen molar-refractivity contribution >= 4 is 5.91 Å². The molecule has 1 saturated carbocycles. The fourth-order valence-corrected chi connectivity index (χ4v) is 4.00. The van der Waals surface area contributed by atoms with Crippen molar-refractivity contribution in [3.8, 4) is 6.07 Å². The van der Waals surface area contributed by atoms with Gasteiger partial charge in [-0.15, -0.1) is 0 Å². The third-order valence-electron chi connectivity index (χ3n) is 5.28.